The maximum Gasteiger partial charge on any atom is 0.302 e. The Morgan fingerprint density at radius 2 is 1.93 bits per heavy atom. The molecule has 0 aliphatic heterocycles. The van der Waals surface area contributed by atoms with Crippen molar-refractivity contribution in [1.29, 1.82) is 0 Å². The van der Waals surface area contributed by atoms with Gasteiger partial charge < -0.3 is 9.64 Å². The Labute approximate surface area is 174 Å². The lowest BCUT2D eigenvalue weighted by Gasteiger charge is -2.25. The fourth-order valence-electron chi connectivity index (χ4n) is 3.54. The summed E-state index contributed by atoms with van der Waals surface area (Å²) in [5.41, 5.74) is 3.81. The highest BCUT2D eigenvalue weighted by molar-refractivity contribution is 5.76. The van der Waals surface area contributed by atoms with Crippen LogP contribution < -0.4 is 15.2 Å². The molecule has 1 N–H and O–H groups in total. The number of nitrogens with zero attached hydrogens (tertiary/aromatic N) is 3. The first-order chi connectivity index (χ1) is 14.7. The number of rotatable bonds is 6. The highest BCUT2D eigenvalue weighted by Gasteiger charge is 2.25. The van der Waals surface area contributed by atoms with Crippen molar-refractivity contribution in [2.45, 2.75) is 19.8 Å². The SMILES string of the molecule is Cc1cccc(N(CC2CC2)c2ccc(Oc3nc4cnccc4c(=O)[nH]3)cc2)c1. The lowest BCUT2D eigenvalue weighted by molar-refractivity contribution is 0.443. The number of pyridine rings is 1. The van der Waals surface area contributed by atoms with E-state index in [4.69, 9.17) is 4.74 Å². The van der Waals surface area contributed by atoms with Crippen molar-refractivity contribution in [1.82, 2.24) is 15.0 Å². The first-order valence-electron chi connectivity index (χ1n) is 10.1. The number of nitrogens with one attached hydrogen (secondary N) is 1. The number of hydrogen-bond acceptors (Lipinski definition) is 5. The second-order valence-electron chi connectivity index (χ2n) is 7.75. The summed E-state index contributed by atoms with van der Waals surface area (Å²) in [5.74, 6) is 1.36. The molecular weight excluding hydrogens is 376 g/mol. The molecule has 0 bridgehead atoms. The van der Waals surface area contributed by atoms with Crippen LogP contribution in [0.5, 0.6) is 11.8 Å². The number of aromatic amines is 1. The zero-order valence-electron chi connectivity index (χ0n) is 16.7. The minimum atomic E-state index is -0.246. The van der Waals surface area contributed by atoms with E-state index in [2.05, 4.69) is 51.0 Å². The molecule has 6 heteroatoms. The van der Waals surface area contributed by atoms with Crippen LogP contribution in [0.15, 0.2) is 71.8 Å². The van der Waals surface area contributed by atoms with Crippen molar-refractivity contribution in [3.8, 4) is 11.8 Å². The maximum absolute atomic E-state index is 12.2. The van der Waals surface area contributed by atoms with Crippen molar-refractivity contribution in [3.05, 3.63) is 82.9 Å². The summed E-state index contributed by atoms with van der Waals surface area (Å²) in [6.45, 7) is 3.12. The molecule has 1 aliphatic carbocycles. The summed E-state index contributed by atoms with van der Waals surface area (Å²) in [6.07, 6.45) is 5.71. The Hall–Kier alpha value is -3.67. The molecule has 1 aliphatic rings. The Balaban J connectivity index is 1.41. The molecule has 0 amide bonds. The molecule has 0 atom stereocenters. The molecule has 0 spiro atoms. The third-order valence-electron chi connectivity index (χ3n) is 5.30. The number of benzene rings is 2. The summed E-state index contributed by atoms with van der Waals surface area (Å²) in [7, 11) is 0. The lowest BCUT2D eigenvalue weighted by Crippen LogP contribution is -2.19. The topological polar surface area (TPSA) is 71.1 Å². The van der Waals surface area contributed by atoms with Crippen molar-refractivity contribution in [2.75, 3.05) is 11.4 Å². The molecule has 0 unspecified atom stereocenters. The van der Waals surface area contributed by atoms with E-state index in [1.807, 2.05) is 24.3 Å². The summed E-state index contributed by atoms with van der Waals surface area (Å²) in [4.78, 5) is 25.6. The molecule has 2 aromatic carbocycles. The van der Waals surface area contributed by atoms with E-state index in [1.165, 1.54) is 24.1 Å². The van der Waals surface area contributed by atoms with Crippen molar-refractivity contribution < 1.29 is 4.74 Å². The van der Waals surface area contributed by atoms with E-state index >= 15 is 0 Å². The van der Waals surface area contributed by atoms with Gasteiger partial charge in [-0.05, 0) is 73.7 Å². The molecule has 0 saturated heterocycles. The molecule has 2 heterocycles. The Morgan fingerprint density at radius 3 is 2.70 bits per heavy atom. The molecule has 1 fully saturated rings. The number of ether oxygens (including phenoxy) is 1. The highest BCUT2D eigenvalue weighted by Crippen LogP contribution is 2.36. The summed E-state index contributed by atoms with van der Waals surface area (Å²) >= 11 is 0. The van der Waals surface area contributed by atoms with E-state index in [0.717, 1.165) is 18.2 Å². The van der Waals surface area contributed by atoms with E-state index < -0.39 is 0 Å². The van der Waals surface area contributed by atoms with Gasteiger partial charge in [-0.15, -0.1) is 0 Å². The summed E-state index contributed by atoms with van der Waals surface area (Å²) in [5, 5.41) is 0.488. The van der Waals surface area contributed by atoms with Gasteiger partial charge in [0.05, 0.1) is 17.1 Å². The van der Waals surface area contributed by atoms with Crippen molar-refractivity contribution in [3.63, 3.8) is 0 Å². The smallest absolute Gasteiger partial charge is 0.302 e. The summed E-state index contributed by atoms with van der Waals surface area (Å²) in [6, 6.07) is 18.3. The second-order valence-corrected chi connectivity index (χ2v) is 7.75. The van der Waals surface area contributed by atoms with Gasteiger partial charge in [-0.2, -0.15) is 4.98 Å². The lowest BCUT2D eigenvalue weighted by atomic mass is 10.1. The molecular formula is C24H22N4O2. The number of H-pyrrole nitrogens is 1. The zero-order chi connectivity index (χ0) is 20.5. The number of fused-ring (bicyclic) bond motifs is 1. The minimum absolute atomic E-state index is 0.154. The van der Waals surface area contributed by atoms with Gasteiger partial charge in [0.2, 0.25) is 0 Å². The van der Waals surface area contributed by atoms with Crippen molar-refractivity contribution >= 4 is 22.3 Å². The van der Waals surface area contributed by atoms with Crippen LogP contribution in [0.25, 0.3) is 10.9 Å². The molecule has 0 radical (unpaired) electrons. The van der Waals surface area contributed by atoms with Crippen LogP contribution in [-0.4, -0.2) is 21.5 Å². The molecule has 150 valence electrons. The Kier molecular flexibility index (Phi) is 4.67. The van der Waals surface area contributed by atoms with Crippen LogP contribution in [0.2, 0.25) is 0 Å². The van der Waals surface area contributed by atoms with E-state index in [9.17, 15) is 4.79 Å². The van der Waals surface area contributed by atoms with E-state index in [0.29, 0.717) is 16.7 Å². The van der Waals surface area contributed by atoms with E-state index in [1.54, 1.807) is 18.5 Å². The average molecular weight is 398 g/mol. The van der Waals surface area contributed by atoms with Crippen LogP contribution in [0.4, 0.5) is 11.4 Å². The standard InChI is InChI=1S/C24H22N4O2/c1-16-3-2-4-19(13-16)28(15-17-5-6-17)18-7-9-20(10-8-18)30-24-26-22-14-25-12-11-21(22)23(29)27-24/h2-4,7-14,17H,5-6,15H2,1H3,(H,26,27,29). The van der Waals surface area contributed by atoms with Gasteiger partial charge in [-0.25, -0.2) is 0 Å². The average Bonchev–Trinajstić information content (AvgIpc) is 3.57. The normalized spacial score (nSPS) is 13.4. The molecule has 2 aromatic heterocycles. The van der Waals surface area contributed by atoms with Gasteiger partial charge in [0.1, 0.15) is 5.75 Å². The highest BCUT2D eigenvalue weighted by atomic mass is 16.5. The molecule has 1 saturated carbocycles. The number of aromatic nitrogens is 3. The molecule has 5 rings (SSSR count). The fraction of sp³-hybridized carbons (Fsp3) is 0.208. The quantitative estimate of drug-likeness (QED) is 0.497. The number of aryl methyl sites for hydroxylation is 1. The maximum atomic E-state index is 12.2. The van der Waals surface area contributed by atoms with Gasteiger partial charge in [-0.3, -0.25) is 14.8 Å². The Morgan fingerprint density at radius 1 is 1.10 bits per heavy atom. The van der Waals surface area contributed by atoms with Crippen LogP contribution in [0.3, 0.4) is 0 Å². The minimum Gasteiger partial charge on any atom is -0.426 e. The second kappa shape index (κ2) is 7.63. The first kappa shape index (κ1) is 18.4. The molecule has 4 aromatic rings. The van der Waals surface area contributed by atoms with Crippen molar-refractivity contribution in [2.24, 2.45) is 5.92 Å². The molecule has 30 heavy (non-hydrogen) atoms. The predicted molar refractivity (Wildman–Crippen MR) is 118 cm³/mol. The third-order valence-corrected chi connectivity index (χ3v) is 5.30. The fourth-order valence-corrected chi connectivity index (χ4v) is 3.54. The Bertz CT molecular complexity index is 1250. The van der Waals surface area contributed by atoms with E-state index in [-0.39, 0.29) is 11.6 Å². The number of anilines is 2. The van der Waals surface area contributed by atoms with Gasteiger partial charge >= 0.3 is 6.01 Å². The summed E-state index contributed by atoms with van der Waals surface area (Å²) < 4.78 is 5.81. The third kappa shape index (κ3) is 3.89. The monoisotopic (exact) mass is 398 g/mol. The number of hydrogen-bond donors (Lipinski definition) is 1. The van der Waals surface area contributed by atoms with Gasteiger partial charge in [0, 0.05) is 24.1 Å². The van der Waals surface area contributed by atoms with Gasteiger partial charge in [0.25, 0.3) is 5.56 Å². The van der Waals surface area contributed by atoms with Crippen LogP contribution in [0, 0.1) is 12.8 Å². The van der Waals surface area contributed by atoms with Gasteiger partial charge in [-0.1, -0.05) is 12.1 Å². The predicted octanol–water partition coefficient (Wildman–Crippen LogP) is 4.97. The van der Waals surface area contributed by atoms with Crippen LogP contribution in [-0.2, 0) is 0 Å². The first-order valence-corrected chi connectivity index (χ1v) is 10.1. The van der Waals surface area contributed by atoms with Crippen LogP contribution >= 0.6 is 0 Å². The molecule has 6 nitrogen and oxygen atoms in total. The largest absolute Gasteiger partial charge is 0.426 e. The zero-order valence-corrected chi connectivity index (χ0v) is 16.7. The van der Waals surface area contributed by atoms with Crippen LogP contribution in [0.1, 0.15) is 18.4 Å². The van der Waals surface area contributed by atoms with Gasteiger partial charge in [0.15, 0.2) is 0 Å².